The fourth-order valence-electron chi connectivity index (χ4n) is 1.20. The summed E-state index contributed by atoms with van der Waals surface area (Å²) in [5, 5.41) is 13.3. The number of hydrogen-bond acceptors (Lipinski definition) is 4. The highest BCUT2D eigenvalue weighted by molar-refractivity contribution is 5.91. The Labute approximate surface area is 99.1 Å². The minimum atomic E-state index is -0.474. The number of nitrogens with zero attached hydrogens (tertiary/aromatic N) is 1. The Bertz CT molecular complexity index is 440. The first-order chi connectivity index (χ1) is 8.21. The number of methoxy groups -OCH3 is 2. The van der Waals surface area contributed by atoms with Crippen molar-refractivity contribution in [2.24, 2.45) is 0 Å². The average Bonchev–Trinajstić information content (AvgIpc) is 2.36. The molecule has 0 unspecified atom stereocenters. The molecule has 1 aromatic rings. The summed E-state index contributed by atoms with van der Waals surface area (Å²) in [5.74, 6) is 1.11. The van der Waals surface area contributed by atoms with Gasteiger partial charge in [0.25, 0.3) is 0 Å². The Hall–Kier alpha value is -2.42. The highest BCUT2D eigenvalue weighted by Gasteiger charge is 2.08. The van der Waals surface area contributed by atoms with Gasteiger partial charge in [-0.15, -0.1) is 0 Å². The molecule has 0 fully saturated rings. The van der Waals surface area contributed by atoms with Crippen molar-refractivity contribution in [1.82, 2.24) is 5.32 Å². The van der Waals surface area contributed by atoms with E-state index in [0.29, 0.717) is 17.2 Å². The average molecular weight is 235 g/mol. The van der Waals surface area contributed by atoms with Crippen molar-refractivity contribution >= 4 is 11.7 Å². The van der Waals surface area contributed by atoms with Gasteiger partial charge in [-0.1, -0.05) is 0 Å². The molecule has 2 N–H and O–H groups in total. The molecule has 90 valence electrons. The molecule has 0 aromatic heterocycles. The highest BCUT2D eigenvalue weighted by atomic mass is 16.5. The number of nitriles is 1. The first kappa shape index (κ1) is 12.6. The summed E-state index contributed by atoms with van der Waals surface area (Å²) in [4.78, 5) is 11.4. The summed E-state index contributed by atoms with van der Waals surface area (Å²) < 4.78 is 10.1. The number of carbonyl (C=O) groups excluding carboxylic acids is 1. The van der Waals surface area contributed by atoms with Gasteiger partial charge in [0.05, 0.1) is 26.0 Å². The molecule has 0 saturated carbocycles. The molecule has 1 rings (SSSR count). The number of carbonyl (C=O) groups is 1. The molecule has 0 bridgehead atoms. The van der Waals surface area contributed by atoms with Gasteiger partial charge in [0.1, 0.15) is 18.0 Å². The van der Waals surface area contributed by atoms with E-state index in [-0.39, 0.29) is 6.54 Å². The standard InChI is InChI=1S/C11H13N3O3/c1-16-8-3-4-10(17-2)9(7-8)14-11(15)13-6-5-12/h3-4,7H,6H2,1-2H3,(H2,13,14,15). The molecule has 6 nitrogen and oxygen atoms in total. The molecule has 6 heteroatoms. The molecule has 0 radical (unpaired) electrons. The SMILES string of the molecule is COc1ccc(OC)c(NC(=O)NCC#N)c1. The van der Waals surface area contributed by atoms with Crippen LogP contribution in [0.25, 0.3) is 0 Å². The maximum Gasteiger partial charge on any atom is 0.320 e. The second-order valence-corrected chi connectivity index (χ2v) is 3.03. The summed E-state index contributed by atoms with van der Waals surface area (Å²) in [6.45, 7) is -0.0574. The van der Waals surface area contributed by atoms with E-state index in [4.69, 9.17) is 14.7 Å². The van der Waals surface area contributed by atoms with E-state index in [1.807, 2.05) is 6.07 Å². The molecule has 1 aromatic carbocycles. The Kier molecular flexibility index (Phi) is 4.63. The lowest BCUT2D eigenvalue weighted by Gasteiger charge is -2.11. The van der Waals surface area contributed by atoms with Crippen LogP contribution in [0.2, 0.25) is 0 Å². The Morgan fingerprint density at radius 1 is 1.41 bits per heavy atom. The molecule has 0 heterocycles. The van der Waals surface area contributed by atoms with Crippen molar-refractivity contribution in [3.8, 4) is 17.6 Å². The summed E-state index contributed by atoms with van der Waals surface area (Å²) >= 11 is 0. The van der Waals surface area contributed by atoms with Gasteiger partial charge in [0.15, 0.2) is 0 Å². The van der Waals surface area contributed by atoms with Crippen LogP contribution in [0.15, 0.2) is 18.2 Å². The van der Waals surface area contributed by atoms with Crippen LogP contribution in [-0.4, -0.2) is 26.8 Å². The van der Waals surface area contributed by atoms with Crippen LogP contribution in [0.5, 0.6) is 11.5 Å². The van der Waals surface area contributed by atoms with E-state index in [9.17, 15) is 4.79 Å². The van der Waals surface area contributed by atoms with Gasteiger partial charge in [-0.05, 0) is 12.1 Å². The third-order valence-corrected chi connectivity index (χ3v) is 1.98. The van der Waals surface area contributed by atoms with Crippen LogP contribution in [-0.2, 0) is 0 Å². The molecule has 17 heavy (non-hydrogen) atoms. The predicted molar refractivity (Wildman–Crippen MR) is 62.2 cm³/mol. The molecule has 0 aliphatic rings. The topological polar surface area (TPSA) is 83.4 Å². The van der Waals surface area contributed by atoms with Crippen molar-refractivity contribution in [2.45, 2.75) is 0 Å². The Balaban J connectivity index is 2.80. The molecule has 0 atom stereocenters. The van der Waals surface area contributed by atoms with E-state index in [1.54, 1.807) is 18.2 Å². The van der Waals surface area contributed by atoms with E-state index in [1.165, 1.54) is 14.2 Å². The zero-order valence-electron chi connectivity index (χ0n) is 9.61. The molecule has 0 aliphatic carbocycles. The monoisotopic (exact) mass is 235 g/mol. The highest BCUT2D eigenvalue weighted by Crippen LogP contribution is 2.28. The second kappa shape index (κ2) is 6.23. The third kappa shape index (κ3) is 3.57. The zero-order chi connectivity index (χ0) is 12.7. The minimum Gasteiger partial charge on any atom is -0.497 e. The third-order valence-electron chi connectivity index (χ3n) is 1.98. The van der Waals surface area contributed by atoms with Crippen molar-refractivity contribution in [3.05, 3.63) is 18.2 Å². The summed E-state index contributed by atoms with van der Waals surface area (Å²) in [5.41, 5.74) is 0.474. The van der Waals surface area contributed by atoms with Crippen LogP contribution in [0.1, 0.15) is 0 Å². The molecule has 2 amide bonds. The normalized spacial score (nSPS) is 9.00. The lowest BCUT2D eigenvalue weighted by Crippen LogP contribution is -2.29. The van der Waals surface area contributed by atoms with Gasteiger partial charge in [0.2, 0.25) is 0 Å². The smallest absolute Gasteiger partial charge is 0.320 e. The Morgan fingerprint density at radius 2 is 2.18 bits per heavy atom. The zero-order valence-corrected chi connectivity index (χ0v) is 9.61. The molecule has 0 spiro atoms. The van der Waals surface area contributed by atoms with E-state index >= 15 is 0 Å². The lowest BCUT2D eigenvalue weighted by atomic mass is 10.2. The number of nitrogens with one attached hydrogen (secondary N) is 2. The van der Waals surface area contributed by atoms with Crippen molar-refractivity contribution < 1.29 is 14.3 Å². The maximum absolute atomic E-state index is 11.4. The lowest BCUT2D eigenvalue weighted by molar-refractivity contribution is 0.253. The van der Waals surface area contributed by atoms with Crippen LogP contribution in [0.4, 0.5) is 10.5 Å². The van der Waals surface area contributed by atoms with Crippen LogP contribution >= 0.6 is 0 Å². The molecular weight excluding hydrogens is 222 g/mol. The largest absolute Gasteiger partial charge is 0.497 e. The van der Waals surface area contributed by atoms with Gasteiger partial charge in [-0.25, -0.2) is 4.79 Å². The van der Waals surface area contributed by atoms with Crippen molar-refractivity contribution in [3.63, 3.8) is 0 Å². The predicted octanol–water partition coefficient (Wildman–Crippen LogP) is 1.35. The summed E-state index contributed by atoms with van der Waals surface area (Å²) in [7, 11) is 3.03. The van der Waals surface area contributed by atoms with Gasteiger partial charge in [0, 0.05) is 6.07 Å². The number of ether oxygens (including phenoxy) is 2. The minimum absolute atomic E-state index is 0.0574. The van der Waals surface area contributed by atoms with E-state index in [2.05, 4.69) is 10.6 Å². The summed E-state index contributed by atoms with van der Waals surface area (Å²) in [6, 6.07) is 6.36. The van der Waals surface area contributed by atoms with Gasteiger partial charge in [-0.2, -0.15) is 5.26 Å². The van der Waals surface area contributed by atoms with E-state index < -0.39 is 6.03 Å². The second-order valence-electron chi connectivity index (χ2n) is 3.03. The van der Waals surface area contributed by atoms with Crippen LogP contribution in [0.3, 0.4) is 0 Å². The number of hydrogen-bond donors (Lipinski definition) is 2. The van der Waals surface area contributed by atoms with Crippen LogP contribution in [0, 0.1) is 11.3 Å². The number of amides is 2. The van der Waals surface area contributed by atoms with Crippen molar-refractivity contribution in [2.75, 3.05) is 26.1 Å². The molecule has 0 aliphatic heterocycles. The maximum atomic E-state index is 11.4. The van der Waals surface area contributed by atoms with E-state index in [0.717, 1.165) is 0 Å². The fourth-order valence-corrected chi connectivity index (χ4v) is 1.20. The number of rotatable bonds is 4. The van der Waals surface area contributed by atoms with Gasteiger partial charge in [-0.3, -0.25) is 0 Å². The number of urea groups is 1. The van der Waals surface area contributed by atoms with Crippen molar-refractivity contribution in [1.29, 1.82) is 5.26 Å². The van der Waals surface area contributed by atoms with Gasteiger partial charge >= 0.3 is 6.03 Å². The quantitative estimate of drug-likeness (QED) is 0.771. The number of anilines is 1. The molecule has 0 saturated heterocycles. The Morgan fingerprint density at radius 3 is 2.76 bits per heavy atom. The fraction of sp³-hybridized carbons (Fsp3) is 0.273. The first-order valence-corrected chi connectivity index (χ1v) is 4.85. The van der Waals surface area contributed by atoms with Gasteiger partial charge < -0.3 is 20.1 Å². The summed E-state index contributed by atoms with van der Waals surface area (Å²) in [6.07, 6.45) is 0. The van der Waals surface area contributed by atoms with Crippen LogP contribution < -0.4 is 20.1 Å². The number of benzene rings is 1. The first-order valence-electron chi connectivity index (χ1n) is 4.85. The molecular formula is C11H13N3O3.